The predicted molar refractivity (Wildman–Crippen MR) is 65.5 cm³/mol. The number of allylic oxidation sites excluding steroid dienone is 4. The lowest BCUT2D eigenvalue weighted by atomic mass is 9.93. The second kappa shape index (κ2) is 8.84. The molecule has 0 aromatic carbocycles. The van der Waals surface area contributed by atoms with Crippen LogP contribution in [0.25, 0.3) is 0 Å². The minimum atomic E-state index is -0.988. The summed E-state index contributed by atoms with van der Waals surface area (Å²) >= 11 is 0. The first-order chi connectivity index (χ1) is 8.04. The molecule has 0 fully saturated rings. The van der Waals surface area contributed by atoms with Crippen LogP contribution in [0.15, 0.2) is 24.3 Å². The molecule has 96 valence electrons. The first-order valence-electron chi connectivity index (χ1n) is 5.65. The average Bonchev–Trinajstić information content (AvgIpc) is 2.26. The number of hydrogen-bond acceptors (Lipinski definition) is 4. The van der Waals surface area contributed by atoms with E-state index in [2.05, 4.69) is 0 Å². The maximum absolute atomic E-state index is 11.3. The summed E-state index contributed by atoms with van der Waals surface area (Å²) in [5.74, 6) is -0.964. The van der Waals surface area contributed by atoms with Crippen LogP contribution in [0.2, 0.25) is 0 Å². The van der Waals surface area contributed by atoms with Gasteiger partial charge in [0, 0.05) is 25.4 Å². The first kappa shape index (κ1) is 15.7. The van der Waals surface area contributed by atoms with Gasteiger partial charge >= 0.3 is 0 Å². The van der Waals surface area contributed by atoms with Gasteiger partial charge in [-0.2, -0.15) is 0 Å². The van der Waals surface area contributed by atoms with Crippen molar-refractivity contribution < 1.29 is 19.8 Å². The second-order valence-electron chi connectivity index (χ2n) is 3.85. The molecule has 0 saturated heterocycles. The molecule has 0 rings (SSSR count). The maximum Gasteiger partial charge on any atom is 0.157 e. The van der Waals surface area contributed by atoms with E-state index >= 15 is 0 Å². The van der Waals surface area contributed by atoms with Crippen LogP contribution in [0.5, 0.6) is 0 Å². The van der Waals surface area contributed by atoms with Crippen LogP contribution in [-0.4, -0.2) is 34.5 Å². The zero-order valence-electron chi connectivity index (χ0n) is 10.3. The van der Waals surface area contributed by atoms with Gasteiger partial charge < -0.3 is 10.2 Å². The fraction of sp³-hybridized carbons (Fsp3) is 0.538. The molecule has 0 spiro atoms. The molecule has 0 heterocycles. The van der Waals surface area contributed by atoms with Crippen molar-refractivity contribution in [1.82, 2.24) is 0 Å². The van der Waals surface area contributed by atoms with Gasteiger partial charge in [-0.25, -0.2) is 0 Å². The molecule has 2 atom stereocenters. The molecular weight excluding hydrogens is 220 g/mol. The highest BCUT2D eigenvalue weighted by Crippen LogP contribution is 2.13. The predicted octanol–water partition coefficient (Wildman–Crippen LogP) is 1.03. The third-order valence-electron chi connectivity index (χ3n) is 2.36. The summed E-state index contributed by atoms with van der Waals surface area (Å²) in [7, 11) is 0. The highest BCUT2D eigenvalue weighted by atomic mass is 16.3. The molecule has 0 radical (unpaired) electrons. The molecule has 4 nitrogen and oxygen atoms in total. The lowest BCUT2D eigenvalue weighted by molar-refractivity contribution is -0.120. The Morgan fingerprint density at radius 2 is 1.53 bits per heavy atom. The normalized spacial score (nSPS) is 15.3. The molecule has 4 heteroatoms. The van der Waals surface area contributed by atoms with E-state index in [9.17, 15) is 14.7 Å². The number of hydrogen-bond donors (Lipinski definition) is 2. The SMILES string of the molecule is C/C=C/C(=O)CC(O)C(CO)CC(=O)/C=C/C. The Morgan fingerprint density at radius 1 is 1.06 bits per heavy atom. The summed E-state index contributed by atoms with van der Waals surface area (Å²) in [6.45, 7) is 3.12. The zero-order chi connectivity index (χ0) is 13.3. The summed E-state index contributed by atoms with van der Waals surface area (Å²) in [6.07, 6.45) is 4.94. The van der Waals surface area contributed by atoms with Gasteiger partial charge in [0.25, 0.3) is 0 Å². The first-order valence-corrected chi connectivity index (χ1v) is 5.65. The summed E-state index contributed by atoms with van der Waals surface area (Å²) in [4.78, 5) is 22.6. The summed E-state index contributed by atoms with van der Waals surface area (Å²) in [5, 5.41) is 18.8. The largest absolute Gasteiger partial charge is 0.396 e. The molecule has 0 aliphatic rings. The number of carbonyl (C=O) groups excluding carboxylic acids is 2. The van der Waals surface area contributed by atoms with Gasteiger partial charge in [0.1, 0.15) is 0 Å². The number of carbonyl (C=O) groups is 2. The van der Waals surface area contributed by atoms with Gasteiger partial charge in [-0.3, -0.25) is 9.59 Å². The Balaban J connectivity index is 4.34. The van der Waals surface area contributed by atoms with E-state index in [1.54, 1.807) is 26.0 Å². The molecular formula is C13H20O4. The van der Waals surface area contributed by atoms with E-state index in [0.717, 1.165) is 0 Å². The fourth-order valence-electron chi connectivity index (χ4n) is 1.46. The second-order valence-corrected chi connectivity index (χ2v) is 3.85. The summed E-state index contributed by atoms with van der Waals surface area (Å²) in [5.41, 5.74) is 0. The standard InChI is InChI=1S/C13H20O4/c1-3-5-11(15)7-10(9-14)13(17)8-12(16)6-4-2/h3-6,10,13-14,17H,7-9H2,1-2H3/b5-3+,6-4+. The summed E-state index contributed by atoms with van der Waals surface area (Å²) < 4.78 is 0. The number of rotatable bonds is 8. The van der Waals surface area contributed by atoms with Gasteiger partial charge in [-0.05, 0) is 26.0 Å². The van der Waals surface area contributed by atoms with Gasteiger partial charge in [0.05, 0.1) is 6.10 Å². The maximum atomic E-state index is 11.3. The van der Waals surface area contributed by atoms with Gasteiger partial charge in [0.15, 0.2) is 11.6 Å². The van der Waals surface area contributed by atoms with Crippen molar-refractivity contribution in [3.05, 3.63) is 24.3 Å². The van der Waals surface area contributed by atoms with Crippen molar-refractivity contribution in [2.24, 2.45) is 5.92 Å². The average molecular weight is 240 g/mol. The number of aliphatic hydroxyl groups excluding tert-OH is 2. The fourth-order valence-corrected chi connectivity index (χ4v) is 1.46. The Kier molecular flexibility index (Phi) is 8.19. The third-order valence-corrected chi connectivity index (χ3v) is 2.36. The highest BCUT2D eigenvalue weighted by Gasteiger charge is 2.22. The van der Waals surface area contributed by atoms with Gasteiger partial charge in [-0.1, -0.05) is 12.2 Å². The molecule has 0 aliphatic heterocycles. The van der Waals surface area contributed by atoms with Crippen LogP contribution in [-0.2, 0) is 9.59 Å². The molecule has 0 amide bonds. The molecule has 17 heavy (non-hydrogen) atoms. The lowest BCUT2D eigenvalue weighted by Gasteiger charge is -2.18. The van der Waals surface area contributed by atoms with Crippen LogP contribution in [0, 0.1) is 5.92 Å². The summed E-state index contributed by atoms with van der Waals surface area (Å²) in [6, 6.07) is 0. The van der Waals surface area contributed by atoms with Crippen molar-refractivity contribution in [2.75, 3.05) is 6.61 Å². The lowest BCUT2D eigenvalue weighted by Crippen LogP contribution is -2.28. The Bertz CT molecular complexity index is 305. The minimum absolute atomic E-state index is 0.0468. The van der Waals surface area contributed by atoms with Crippen LogP contribution in [0.4, 0.5) is 0 Å². The van der Waals surface area contributed by atoms with E-state index in [1.807, 2.05) is 0 Å². The topological polar surface area (TPSA) is 74.6 Å². The Labute approximate surface area is 102 Å². The van der Waals surface area contributed by atoms with Crippen molar-refractivity contribution in [3.63, 3.8) is 0 Å². The van der Waals surface area contributed by atoms with Crippen molar-refractivity contribution >= 4 is 11.6 Å². The van der Waals surface area contributed by atoms with Crippen molar-refractivity contribution in [2.45, 2.75) is 32.8 Å². The Hall–Kier alpha value is -1.26. The third kappa shape index (κ3) is 6.81. The van der Waals surface area contributed by atoms with Crippen LogP contribution >= 0.6 is 0 Å². The quantitative estimate of drug-likeness (QED) is 0.621. The Morgan fingerprint density at radius 3 is 1.94 bits per heavy atom. The van der Waals surface area contributed by atoms with Crippen LogP contribution in [0.1, 0.15) is 26.7 Å². The molecule has 0 aromatic rings. The van der Waals surface area contributed by atoms with E-state index in [4.69, 9.17) is 5.11 Å². The number of ketones is 2. The molecule has 0 saturated carbocycles. The zero-order valence-corrected chi connectivity index (χ0v) is 10.3. The smallest absolute Gasteiger partial charge is 0.157 e. The van der Waals surface area contributed by atoms with Crippen molar-refractivity contribution in [3.8, 4) is 0 Å². The molecule has 0 aliphatic carbocycles. The van der Waals surface area contributed by atoms with Gasteiger partial charge in [-0.15, -0.1) is 0 Å². The van der Waals surface area contributed by atoms with Crippen LogP contribution < -0.4 is 0 Å². The number of aliphatic hydroxyl groups is 2. The molecule has 2 N–H and O–H groups in total. The molecule has 0 bridgehead atoms. The van der Waals surface area contributed by atoms with Crippen molar-refractivity contribution in [1.29, 1.82) is 0 Å². The van der Waals surface area contributed by atoms with E-state index in [-0.39, 0.29) is 31.0 Å². The van der Waals surface area contributed by atoms with E-state index in [0.29, 0.717) is 0 Å². The molecule has 0 aromatic heterocycles. The monoisotopic (exact) mass is 240 g/mol. The minimum Gasteiger partial charge on any atom is -0.396 e. The van der Waals surface area contributed by atoms with Gasteiger partial charge in [0.2, 0.25) is 0 Å². The highest BCUT2D eigenvalue weighted by molar-refractivity contribution is 5.91. The van der Waals surface area contributed by atoms with Crippen LogP contribution in [0.3, 0.4) is 0 Å². The van der Waals surface area contributed by atoms with E-state index in [1.165, 1.54) is 12.2 Å². The van der Waals surface area contributed by atoms with E-state index < -0.39 is 12.0 Å². The molecule has 2 unspecified atom stereocenters.